The first kappa shape index (κ1) is 16.0. The van der Waals surface area contributed by atoms with Crippen LogP contribution in [0.3, 0.4) is 0 Å². The van der Waals surface area contributed by atoms with Gasteiger partial charge in [0.05, 0.1) is 11.9 Å². The van der Waals surface area contributed by atoms with E-state index in [2.05, 4.69) is 31.5 Å². The van der Waals surface area contributed by atoms with Gasteiger partial charge in [-0.3, -0.25) is 4.79 Å². The van der Waals surface area contributed by atoms with Crippen molar-refractivity contribution in [3.05, 3.63) is 52.3 Å². The van der Waals surface area contributed by atoms with Gasteiger partial charge in [-0.25, -0.2) is 4.98 Å². The lowest BCUT2D eigenvalue weighted by Gasteiger charge is -2.13. The van der Waals surface area contributed by atoms with Gasteiger partial charge in [-0.15, -0.1) is 0 Å². The van der Waals surface area contributed by atoms with Gasteiger partial charge >= 0.3 is 0 Å². The Morgan fingerprint density at radius 3 is 2.57 bits per heavy atom. The van der Waals surface area contributed by atoms with Crippen LogP contribution in [0, 0.1) is 6.92 Å². The molecule has 3 rings (SSSR count). The normalized spacial score (nSPS) is 14.7. The first-order valence-electron chi connectivity index (χ1n) is 7.92. The summed E-state index contributed by atoms with van der Waals surface area (Å²) in [5, 5.41) is 6.34. The first-order valence-corrected chi connectivity index (χ1v) is 8.71. The zero-order chi connectivity index (χ0) is 16.2. The number of halogens is 1. The largest absolute Gasteiger partial charge is 0.381 e. The number of anilines is 2. The number of rotatable bonds is 4. The molecule has 1 aromatic carbocycles. The van der Waals surface area contributed by atoms with Crippen molar-refractivity contribution in [3.8, 4) is 0 Å². The highest BCUT2D eigenvalue weighted by Gasteiger charge is 2.15. The Kier molecular flexibility index (Phi) is 4.96. The zero-order valence-electron chi connectivity index (χ0n) is 13.1. The van der Waals surface area contributed by atoms with Gasteiger partial charge in [-0.1, -0.05) is 34.8 Å². The number of carbonyl (C=O) groups excluding carboxylic acids is 1. The van der Waals surface area contributed by atoms with Crippen molar-refractivity contribution in [2.45, 2.75) is 38.6 Å². The number of pyridine rings is 1. The van der Waals surface area contributed by atoms with Crippen LogP contribution in [0.25, 0.3) is 0 Å². The van der Waals surface area contributed by atoms with Crippen molar-refractivity contribution in [1.82, 2.24) is 4.98 Å². The minimum absolute atomic E-state index is 0.201. The molecule has 0 saturated heterocycles. The van der Waals surface area contributed by atoms with E-state index in [4.69, 9.17) is 0 Å². The Morgan fingerprint density at radius 2 is 1.91 bits per heavy atom. The van der Waals surface area contributed by atoms with Crippen LogP contribution in [0.2, 0.25) is 0 Å². The quantitative estimate of drug-likeness (QED) is 0.811. The monoisotopic (exact) mass is 373 g/mol. The minimum atomic E-state index is -0.201. The van der Waals surface area contributed by atoms with Gasteiger partial charge in [0.2, 0.25) is 0 Å². The molecule has 1 aliphatic carbocycles. The average Bonchev–Trinajstić information content (AvgIpc) is 3.04. The first-order chi connectivity index (χ1) is 11.1. The van der Waals surface area contributed by atoms with E-state index < -0.39 is 0 Å². The number of hydrogen-bond donors (Lipinski definition) is 2. The molecule has 1 aromatic heterocycles. The molecule has 120 valence electrons. The maximum atomic E-state index is 12.3. The maximum absolute atomic E-state index is 12.3. The topological polar surface area (TPSA) is 54.0 Å². The van der Waals surface area contributed by atoms with E-state index in [1.165, 1.54) is 25.7 Å². The van der Waals surface area contributed by atoms with Crippen LogP contribution in [-0.4, -0.2) is 16.9 Å². The molecule has 1 amide bonds. The highest BCUT2D eigenvalue weighted by Crippen LogP contribution is 2.23. The lowest BCUT2D eigenvalue weighted by Crippen LogP contribution is -2.16. The second-order valence-electron chi connectivity index (χ2n) is 5.98. The molecule has 2 N–H and O–H groups in total. The molecular formula is C18H20BrN3O. The van der Waals surface area contributed by atoms with E-state index in [9.17, 15) is 4.79 Å². The molecule has 1 aliphatic rings. The molecule has 23 heavy (non-hydrogen) atoms. The Bertz CT molecular complexity index is 694. The average molecular weight is 374 g/mol. The van der Waals surface area contributed by atoms with Gasteiger partial charge < -0.3 is 10.6 Å². The lowest BCUT2D eigenvalue weighted by atomic mass is 10.2. The van der Waals surface area contributed by atoms with Gasteiger partial charge in [0.1, 0.15) is 5.69 Å². The van der Waals surface area contributed by atoms with Crippen molar-refractivity contribution in [1.29, 1.82) is 0 Å². The Labute approximate surface area is 144 Å². The van der Waals surface area contributed by atoms with Gasteiger partial charge in [0, 0.05) is 16.2 Å². The standard InChI is InChI=1S/C18H20BrN3O/c1-12-6-7-14(10-16(12)19)22-18(23)17-9-8-15(11-20-17)21-13-4-2-3-5-13/h6-11,13,21H,2-5H2,1H3,(H,22,23). The molecule has 1 fully saturated rings. The summed E-state index contributed by atoms with van der Waals surface area (Å²) in [5.41, 5.74) is 3.27. The van der Waals surface area contributed by atoms with Gasteiger partial charge in [0.15, 0.2) is 0 Å². The predicted molar refractivity (Wildman–Crippen MR) is 96.9 cm³/mol. The predicted octanol–water partition coefficient (Wildman–Crippen LogP) is 4.76. The molecular weight excluding hydrogens is 354 g/mol. The lowest BCUT2D eigenvalue weighted by molar-refractivity contribution is 0.102. The fraction of sp³-hybridized carbons (Fsp3) is 0.333. The van der Waals surface area contributed by atoms with Crippen molar-refractivity contribution in [3.63, 3.8) is 0 Å². The number of benzene rings is 1. The molecule has 1 heterocycles. The third kappa shape index (κ3) is 4.10. The van der Waals surface area contributed by atoms with Crippen LogP contribution in [0.15, 0.2) is 41.0 Å². The van der Waals surface area contributed by atoms with Crippen molar-refractivity contribution in [2.75, 3.05) is 10.6 Å². The maximum Gasteiger partial charge on any atom is 0.274 e. The molecule has 0 bridgehead atoms. The Morgan fingerprint density at radius 1 is 1.17 bits per heavy atom. The third-order valence-electron chi connectivity index (χ3n) is 4.15. The number of carbonyl (C=O) groups is 1. The Balaban J connectivity index is 1.63. The highest BCUT2D eigenvalue weighted by molar-refractivity contribution is 9.10. The number of aryl methyl sites for hydroxylation is 1. The molecule has 5 heteroatoms. The number of nitrogens with zero attached hydrogens (tertiary/aromatic N) is 1. The van der Waals surface area contributed by atoms with Crippen LogP contribution in [0.4, 0.5) is 11.4 Å². The summed E-state index contributed by atoms with van der Waals surface area (Å²) in [6.07, 6.45) is 6.74. The molecule has 0 unspecified atom stereocenters. The SMILES string of the molecule is Cc1ccc(NC(=O)c2ccc(NC3CCCC3)cn2)cc1Br. The van der Waals surface area contributed by atoms with Crippen LogP contribution < -0.4 is 10.6 Å². The summed E-state index contributed by atoms with van der Waals surface area (Å²) >= 11 is 3.47. The number of hydrogen-bond acceptors (Lipinski definition) is 3. The summed E-state index contributed by atoms with van der Waals surface area (Å²) in [7, 11) is 0. The molecule has 2 aromatic rings. The molecule has 0 atom stereocenters. The van der Waals surface area contributed by atoms with E-state index in [-0.39, 0.29) is 5.91 Å². The molecule has 0 spiro atoms. The van der Waals surface area contributed by atoms with Gasteiger partial charge in [-0.2, -0.15) is 0 Å². The summed E-state index contributed by atoms with van der Waals surface area (Å²) in [6, 6.07) is 9.96. The zero-order valence-corrected chi connectivity index (χ0v) is 14.7. The second kappa shape index (κ2) is 7.13. The van der Waals surface area contributed by atoms with Crippen LogP contribution >= 0.6 is 15.9 Å². The van der Waals surface area contributed by atoms with E-state index in [0.29, 0.717) is 11.7 Å². The van der Waals surface area contributed by atoms with E-state index in [1.807, 2.05) is 31.2 Å². The Hall–Kier alpha value is -1.88. The van der Waals surface area contributed by atoms with Crippen LogP contribution in [0.1, 0.15) is 41.7 Å². The highest BCUT2D eigenvalue weighted by atomic mass is 79.9. The number of aromatic nitrogens is 1. The van der Waals surface area contributed by atoms with Crippen LogP contribution in [-0.2, 0) is 0 Å². The fourth-order valence-electron chi connectivity index (χ4n) is 2.79. The molecule has 1 saturated carbocycles. The summed E-state index contributed by atoms with van der Waals surface area (Å²) in [4.78, 5) is 16.5. The molecule has 0 radical (unpaired) electrons. The second-order valence-corrected chi connectivity index (χ2v) is 6.83. The molecule has 0 aliphatic heterocycles. The van der Waals surface area contributed by atoms with Crippen molar-refractivity contribution in [2.24, 2.45) is 0 Å². The van der Waals surface area contributed by atoms with Gasteiger partial charge in [0.25, 0.3) is 5.91 Å². The van der Waals surface area contributed by atoms with Crippen molar-refractivity contribution < 1.29 is 4.79 Å². The van der Waals surface area contributed by atoms with Gasteiger partial charge in [-0.05, 0) is 49.6 Å². The minimum Gasteiger partial charge on any atom is -0.381 e. The van der Waals surface area contributed by atoms with E-state index in [0.717, 1.165) is 21.4 Å². The van der Waals surface area contributed by atoms with E-state index >= 15 is 0 Å². The van der Waals surface area contributed by atoms with E-state index in [1.54, 1.807) is 12.3 Å². The summed E-state index contributed by atoms with van der Waals surface area (Å²) in [5.74, 6) is -0.201. The number of nitrogens with one attached hydrogen (secondary N) is 2. The third-order valence-corrected chi connectivity index (χ3v) is 5.01. The molecule has 4 nitrogen and oxygen atoms in total. The smallest absolute Gasteiger partial charge is 0.274 e. The summed E-state index contributed by atoms with van der Waals surface area (Å²) in [6.45, 7) is 2.01. The van der Waals surface area contributed by atoms with Crippen molar-refractivity contribution >= 4 is 33.2 Å². The number of amides is 1. The van der Waals surface area contributed by atoms with Crippen LogP contribution in [0.5, 0.6) is 0 Å². The fourth-order valence-corrected chi connectivity index (χ4v) is 3.16. The summed E-state index contributed by atoms with van der Waals surface area (Å²) < 4.78 is 0.972.